The number of carboxylic acids is 1. The van der Waals surface area contributed by atoms with Crippen molar-refractivity contribution in [3.8, 4) is 5.75 Å². The van der Waals surface area contributed by atoms with Gasteiger partial charge >= 0.3 is 5.97 Å². The predicted molar refractivity (Wildman–Crippen MR) is 119 cm³/mol. The van der Waals surface area contributed by atoms with Gasteiger partial charge in [-0.3, -0.25) is 0 Å². The van der Waals surface area contributed by atoms with E-state index >= 15 is 0 Å². The van der Waals surface area contributed by atoms with E-state index in [9.17, 15) is 14.3 Å². The molecule has 0 radical (unpaired) electrons. The molecule has 0 aliphatic rings. The van der Waals surface area contributed by atoms with E-state index in [2.05, 4.69) is 5.32 Å². The van der Waals surface area contributed by atoms with Crippen molar-refractivity contribution in [3.05, 3.63) is 88.0 Å². The second-order valence-corrected chi connectivity index (χ2v) is 7.55. The van der Waals surface area contributed by atoms with Gasteiger partial charge in [-0.1, -0.05) is 24.3 Å². The van der Waals surface area contributed by atoms with Crippen LogP contribution in [0.5, 0.6) is 5.75 Å². The Morgan fingerprint density at radius 1 is 1.10 bits per heavy atom. The van der Waals surface area contributed by atoms with Crippen molar-refractivity contribution < 1.29 is 19.0 Å². The Morgan fingerprint density at radius 3 is 2.48 bits per heavy atom. The lowest BCUT2D eigenvalue weighted by Crippen LogP contribution is -2.18. The molecule has 0 saturated heterocycles. The number of carboxylic acid groups (broad SMARTS) is 1. The van der Waals surface area contributed by atoms with Gasteiger partial charge in [0.1, 0.15) is 11.6 Å². The smallest absolute Gasteiger partial charge is 0.337 e. The van der Waals surface area contributed by atoms with Crippen molar-refractivity contribution in [2.24, 2.45) is 0 Å². The highest BCUT2D eigenvalue weighted by atomic mass is 19.1. The van der Waals surface area contributed by atoms with E-state index in [1.54, 1.807) is 13.0 Å². The van der Waals surface area contributed by atoms with Crippen LogP contribution in [0.4, 0.5) is 4.39 Å². The van der Waals surface area contributed by atoms with Gasteiger partial charge in [0.15, 0.2) is 0 Å². The first-order valence-electron chi connectivity index (χ1n) is 10.5. The Morgan fingerprint density at radius 2 is 1.84 bits per heavy atom. The molecule has 2 aromatic carbocycles. The topological polar surface area (TPSA) is 63.5 Å². The fourth-order valence-corrected chi connectivity index (χ4v) is 3.87. The summed E-state index contributed by atoms with van der Waals surface area (Å²) in [6, 6.07) is 14.4. The maximum absolute atomic E-state index is 13.6. The second kappa shape index (κ2) is 10.3. The minimum atomic E-state index is -0.943. The van der Waals surface area contributed by atoms with Gasteiger partial charge in [0.25, 0.3) is 0 Å². The molecule has 0 aliphatic carbocycles. The van der Waals surface area contributed by atoms with Gasteiger partial charge in [-0.2, -0.15) is 0 Å². The van der Waals surface area contributed by atoms with Gasteiger partial charge < -0.3 is 19.7 Å². The molecule has 1 heterocycles. The second-order valence-electron chi connectivity index (χ2n) is 7.55. The number of hydrogen-bond donors (Lipinski definition) is 2. The minimum Gasteiger partial charge on any atom is -0.494 e. The van der Waals surface area contributed by atoms with Crippen molar-refractivity contribution in [1.82, 2.24) is 9.88 Å². The Kier molecular flexibility index (Phi) is 7.47. The number of hydrogen-bond acceptors (Lipinski definition) is 3. The molecule has 1 aromatic heterocycles. The summed E-state index contributed by atoms with van der Waals surface area (Å²) in [4.78, 5) is 11.9. The zero-order valence-corrected chi connectivity index (χ0v) is 18.2. The summed E-state index contributed by atoms with van der Waals surface area (Å²) in [5, 5.41) is 13.2. The van der Waals surface area contributed by atoms with E-state index in [4.69, 9.17) is 4.74 Å². The average molecular weight is 425 g/mol. The molecular formula is C25H29FN2O3. The van der Waals surface area contributed by atoms with Crippen molar-refractivity contribution in [2.45, 2.75) is 40.3 Å². The number of benzene rings is 2. The van der Waals surface area contributed by atoms with Gasteiger partial charge in [0.05, 0.1) is 12.2 Å². The van der Waals surface area contributed by atoms with Gasteiger partial charge in [-0.25, -0.2) is 9.18 Å². The lowest BCUT2D eigenvalue weighted by molar-refractivity contribution is 0.0694. The Bertz CT molecular complexity index is 1040. The fraction of sp³-hybridized carbons (Fsp3) is 0.320. The molecule has 0 atom stereocenters. The molecule has 6 heteroatoms. The molecule has 5 nitrogen and oxygen atoms in total. The predicted octanol–water partition coefficient (Wildman–Crippen LogP) is 4.72. The van der Waals surface area contributed by atoms with Crippen LogP contribution in [-0.2, 0) is 19.5 Å². The maximum Gasteiger partial charge on any atom is 0.337 e. The largest absolute Gasteiger partial charge is 0.494 e. The SMILES string of the molecule is CCOc1ccc(CCNCc2c(C(=O)O)c(C)n(Cc3cccc(F)c3)c2C)cc1. The molecule has 0 bridgehead atoms. The Hall–Kier alpha value is -3.12. The van der Waals surface area contributed by atoms with Crippen molar-refractivity contribution in [3.63, 3.8) is 0 Å². The molecule has 0 unspecified atom stereocenters. The first kappa shape index (κ1) is 22.6. The van der Waals surface area contributed by atoms with E-state index < -0.39 is 5.97 Å². The number of carbonyl (C=O) groups is 1. The molecule has 0 amide bonds. The van der Waals surface area contributed by atoms with Crippen LogP contribution in [0.2, 0.25) is 0 Å². The lowest BCUT2D eigenvalue weighted by Gasteiger charge is -2.11. The molecule has 0 aliphatic heterocycles. The van der Waals surface area contributed by atoms with Crippen molar-refractivity contribution >= 4 is 5.97 Å². The zero-order chi connectivity index (χ0) is 22.4. The van der Waals surface area contributed by atoms with E-state index in [0.717, 1.165) is 35.5 Å². The highest BCUT2D eigenvalue weighted by molar-refractivity contribution is 5.91. The number of halogens is 1. The molecule has 0 spiro atoms. The molecule has 2 N–H and O–H groups in total. The number of aromatic carboxylic acids is 1. The fourth-order valence-electron chi connectivity index (χ4n) is 3.87. The van der Waals surface area contributed by atoms with Gasteiger partial charge in [-0.15, -0.1) is 0 Å². The molecule has 3 rings (SSSR count). The quantitative estimate of drug-likeness (QED) is 0.462. The van der Waals surface area contributed by atoms with Crippen LogP contribution >= 0.6 is 0 Å². The third-order valence-electron chi connectivity index (χ3n) is 5.48. The van der Waals surface area contributed by atoms with E-state index in [1.807, 2.05) is 48.7 Å². The standard InChI is InChI=1S/C25H29FN2O3/c1-4-31-22-10-8-19(9-11-22)12-13-27-15-23-17(2)28(18(3)24(23)25(29)30)16-20-6-5-7-21(26)14-20/h5-11,14,27H,4,12-13,15-16H2,1-3H3,(H,29,30). The van der Waals surface area contributed by atoms with Crippen LogP contribution in [0.25, 0.3) is 0 Å². The molecular weight excluding hydrogens is 395 g/mol. The normalized spacial score (nSPS) is 11.0. The third kappa shape index (κ3) is 5.52. The molecule has 164 valence electrons. The number of nitrogens with one attached hydrogen (secondary N) is 1. The summed E-state index contributed by atoms with van der Waals surface area (Å²) >= 11 is 0. The van der Waals surface area contributed by atoms with Crippen LogP contribution in [0.1, 0.15) is 45.4 Å². The van der Waals surface area contributed by atoms with Crippen LogP contribution < -0.4 is 10.1 Å². The first-order chi connectivity index (χ1) is 14.9. The van der Waals surface area contributed by atoms with Crippen molar-refractivity contribution in [2.75, 3.05) is 13.2 Å². The monoisotopic (exact) mass is 424 g/mol. The number of aromatic nitrogens is 1. The van der Waals surface area contributed by atoms with Gasteiger partial charge in [-0.05, 0) is 69.1 Å². The Balaban J connectivity index is 1.69. The van der Waals surface area contributed by atoms with Crippen LogP contribution in [0.3, 0.4) is 0 Å². The van der Waals surface area contributed by atoms with Gasteiger partial charge in [0, 0.05) is 30.0 Å². The first-order valence-corrected chi connectivity index (χ1v) is 10.5. The van der Waals surface area contributed by atoms with Crippen LogP contribution in [0, 0.1) is 19.7 Å². The molecule has 3 aromatic rings. The lowest BCUT2D eigenvalue weighted by atomic mass is 10.1. The summed E-state index contributed by atoms with van der Waals surface area (Å²) in [6.07, 6.45) is 0.830. The van der Waals surface area contributed by atoms with Crippen LogP contribution in [0.15, 0.2) is 48.5 Å². The molecule has 31 heavy (non-hydrogen) atoms. The molecule has 0 fully saturated rings. The van der Waals surface area contributed by atoms with Gasteiger partial charge in [0.2, 0.25) is 0 Å². The highest BCUT2D eigenvalue weighted by Crippen LogP contribution is 2.24. The highest BCUT2D eigenvalue weighted by Gasteiger charge is 2.22. The summed E-state index contributed by atoms with van der Waals surface area (Å²) in [7, 11) is 0. The average Bonchev–Trinajstić information content (AvgIpc) is 2.97. The molecule has 0 saturated carbocycles. The summed E-state index contributed by atoms with van der Waals surface area (Å²) in [5.74, 6) is -0.382. The number of rotatable bonds is 10. The summed E-state index contributed by atoms with van der Waals surface area (Å²) in [5.41, 5.74) is 4.64. The zero-order valence-electron chi connectivity index (χ0n) is 18.2. The van der Waals surface area contributed by atoms with Crippen LogP contribution in [-0.4, -0.2) is 28.8 Å². The minimum absolute atomic E-state index is 0.297. The third-order valence-corrected chi connectivity index (χ3v) is 5.48. The number of nitrogens with zero attached hydrogens (tertiary/aromatic N) is 1. The Labute approximate surface area is 182 Å². The van der Waals surface area contributed by atoms with E-state index in [1.165, 1.54) is 17.7 Å². The summed E-state index contributed by atoms with van der Waals surface area (Å²) < 4.78 is 21.0. The van der Waals surface area contributed by atoms with E-state index in [-0.39, 0.29) is 5.82 Å². The van der Waals surface area contributed by atoms with Crippen molar-refractivity contribution in [1.29, 1.82) is 0 Å². The number of ether oxygens (including phenoxy) is 1. The summed E-state index contributed by atoms with van der Waals surface area (Å²) in [6.45, 7) is 7.94. The maximum atomic E-state index is 13.6. The van der Waals surface area contributed by atoms with E-state index in [0.29, 0.717) is 31.0 Å².